The first-order valence-corrected chi connectivity index (χ1v) is 11.9. The minimum absolute atomic E-state index is 0.0755. The topological polar surface area (TPSA) is 132 Å². The second-order valence-corrected chi connectivity index (χ2v) is 9.36. The van der Waals surface area contributed by atoms with Gasteiger partial charge >= 0.3 is 0 Å². The lowest BCUT2D eigenvalue weighted by Gasteiger charge is -2.14. The van der Waals surface area contributed by atoms with Gasteiger partial charge in [0.1, 0.15) is 4.90 Å². The van der Waals surface area contributed by atoms with Gasteiger partial charge in [-0.1, -0.05) is 22.0 Å². The number of rotatable bonds is 8. The third kappa shape index (κ3) is 4.50. The molecule has 0 spiro atoms. The summed E-state index contributed by atoms with van der Waals surface area (Å²) in [7, 11) is -1.77. The zero-order chi connectivity index (χ0) is 24.5. The van der Waals surface area contributed by atoms with Crippen molar-refractivity contribution in [2.75, 3.05) is 18.9 Å². The number of halogens is 3. The number of aromatic amines is 1. The number of nitrogens with one attached hydrogen (secondary N) is 2. The maximum absolute atomic E-state index is 13.2. The van der Waals surface area contributed by atoms with Crippen LogP contribution in [0.2, 0.25) is 0 Å². The zero-order valence-electron chi connectivity index (χ0n) is 17.7. The van der Waals surface area contributed by atoms with E-state index in [1.165, 1.54) is 26.6 Å². The van der Waals surface area contributed by atoms with Crippen LogP contribution in [0.4, 0.5) is 14.7 Å². The van der Waals surface area contributed by atoms with E-state index in [9.17, 15) is 17.2 Å². The molecule has 0 atom stereocenters. The summed E-state index contributed by atoms with van der Waals surface area (Å²) in [6.07, 6.45) is -0.579. The Morgan fingerprint density at radius 2 is 1.85 bits per heavy atom. The molecule has 0 aliphatic rings. The number of hydrogen-bond acceptors (Lipinski definition) is 8. The molecule has 0 fully saturated rings. The molecule has 14 heteroatoms. The van der Waals surface area contributed by atoms with Crippen molar-refractivity contribution < 1.29 is 26.7 Å². The second kappa shape index (κ2) is 9.46. The maximum atomic E-state index is 13.2. The van der Waals surface area contributed by atoms with Crippen LogP contribution in [0.25, 0.3) is 22.2 Å². The van der Waals surface area contributed by atoms with Gasteiger partial charge in [-0.15, -0.1) is 0 Å². The SMILES string of the molecule is COc1nc(NS(=O)(=O)c2c[nH]c3c(-c4cccnn4)c(Br)ccc23)nc(OC)c1CC(F)F. The third-order valence-electron chi connectivity index (χ3n) is 4.79. The molecular weight excluding hydrogens is 538 g/mol. The van der Waals surface area contributed by atoms with Crippen molar-refractivity contribution in [3.05, 3.63) is 46.7 Å². The summed E-state index contributed by atoms with van der Waals surface area (Å²) < 4.78 is 65.4. The number of aromatic nitrogens is 5. The summed E-state index contributed by atoms with van der Waals surface area (Å²) in [4.78, 5) is 10.8. The van der Waals surface area contributed by atoms with Crippen LogP contribution in [0, 0.1) is 0 Å². The molecule has 10 nitrogen and oxygen atoms in total. The molecule has 0 saturated heterocycles. The van der Waals surface area contributed by atoms with E-state index < -0.39 is 28.8 Å². The lowest BCUT2D eigenvalue weighted by Crippen LogP contribution is -2.16. The van der Waals surface area contributed by atoms with Crippen molar-refractivity contribution in [1.82, 2.24) is 25.1 Å². The lowest BCUT2D eigenvalue weighted by atomic mass is 10.1. The molecular formula is C20H17BrF2N6O4S. The number of fused-ring (bicyclic) bond motifs is 1. The summed E-state index contributed by atoms with van der Waals surface area (Å²) in [6.45, 7) is 0. The van der Waals surface area contributed by atoms with Crippen LogP contribution in [0.1, 0.15) is 5.56 Å². The third-order valence-corrected chi connectivity index (χ3v) is 6.82. The Bertz CT molecular complexity index is 1430. The van der Waals surface area contributed by atoms with E-state index in [0.717, 1.165) is 0 Å². The second-order valence-electron chi connectivity index (χ2n) is 6.85. The fourth-order valence-electron chi connectivity index (χ4n) is 3.39. The molecule has 0 unspecified atom stereocenters. The molecule has 0 bridgehead atoms. The molecule has 1 aromatic carbocycles. The first kappa shape index (κ1) is 23.8. The average Bonchev–Trinajstić information content (AvgIpc) is 3.24. The van der Waals surface area contributed by atoms with Crippen LogP contribution < -0.4 is 14.2 Å². The fraction of sp³-hybridized carbons (Fsp3) is 0.200. The van der Waals surface area contributed by atoms with E-state index >= 15 is 0 Å². The molecule has 0 aliphatic heterocycles. The molecule has 4 aromatic rings. The van der Waals surface area contributed by atoms with Crippen molar-refractivity contribution in [3.8, 4) is 23.0 Å². The van der Waals surface area contributed by atoms with Gasteiger partial charge in [-0.3, -0.25) is 0 Å². The van der Waals surface area contributed by atoms with Crippen LogP contribution in [-0.2, 0) is 16.4 Å². The summed E-state index contributed by atoms with van der Waals surface area (Å²) in [5.41, 5.74) is 1.60. The van der Waals surface area contributed by atoms with Gasteiger partial charge in [-0.05, 0) is 18.2 Å². The predicted octanol–water partition coefficient (Wildman–Crippen LogP) is 3.80. The molecule has 2 N–H and O–H groups in total. The number of anilines is 1. The number of nitrogens with zero attached hydrogens (tertiary/aromatic N) is 4. The molecule has 3 heterocycles. The summed E-state index contributed by atoms with van der Waals surface area (Å²) >= 11 is 3.47. The smallest absolute Gasteiger partial charge is 0.266 e. The maximum Gasteiger partial charge on any atom is 0.266 e. The van der Waals surface area contributed by atoms with Crippen molar-refractivity contribution in [3.63, 3.8) is 0 Å². The van der Waals surface area contributed by atoms with E-state index in [0.29, 0.717) is 26.6 Å². The molecule has 0 saturated carbocycles. The van der Waals surface area contributed by atoms with E-state index in [-0.39, 0.29) is 22.2 Å². The summed E-state index contributed by atoms with van der Waals surface area (Å²) in [5.74, 6) is -0.845. The van der Waals surface area contributed by atoms with Gasteiger partial charge < -0.3 is 14.5 Å². The zero-order valence-corrected chi connectivity index (χ0v) is 20.1. The van der Waals surface area contributed by atoms with Crippen LogP contribution in [0.15, 0.2) is 46.0 Å². The normalized spacial score (nSPS) is 11.7. The highest BCUT2D eigenvalue weighted by Gasteiger charge is 2.26. The molecule has 178 valence electrons. The highest BCUT2D eigenvalue weighted by atomic mass is 79.9. The van der Waals surface area contributed by atoms with Gasteiger partial charge in [-0.2, -0.15) is 20.2 Å². The first-order valence-electron chi connectivity index (χ1n) is 9.62. The van der Waals surface area contributed by atoms with Crippen LogP contribution >= 0.6 is 15.9 Å². The Kier molecular flexibility index (Phi) is 6.61. The number of ether oxygens (including phenoxy) is 2. The van der Waals surface area contributed by atoms with Gasteiger partial charge in [0.25, 0.3) is 10.0 Å². The van der Waals surface area contributed by atoms with Crippen molar-refractivity contribution in [2.45, 2.75) is 17.7 Å². The average molecular weight is 555 g/mol. The largest absolute Gasteiger partial charge is 0.481 e. The highest BCUT2D eigenvalue weighted by Crippen LogP contribution is 2.37. The van der Waals surface area contributed by atoms with Gasteiger partial charge in [-0.25, -0.2) is 21.9 Å². The Hall–Kier alpha value is -3.39. The van der Waals surface area contributed by atoms with E-state index in [4.69, 9.17) is 9.47 Å². The quantitative estimate of drug-likeness (QED) is 0.336. The number of hydrogen-bond donors (Lipinski definition) is 2. The van der Waals surface area contributed by atoms with Crippen LogP contribution in [0.5, 0.6) is 11.8 Å². The molecule has 0 radical (unpaired) electrons. The Morgan fingerprint density at radius 3 is 2.44 bits per heavy atom. The molecule has 4 rings (SSSR count). The standard InChI is InChI=1S/C20H17BrF2N6O4S/c1-32-18-11(8-15(22)23)19(33-2)27-20(26-18)29-34(30,31)14-9-24-17-10(14)5-6-12(21)16(17)13-4-3-7-25-28-13/h3-7,9,15,24H,8H2,1-2H3,(H,26,27,29). The number of benzene rings is 1. The van der Waals surface area contributed by atoms with Gasteiger partial charge in [0.05, 0.1) is 31.0 Å². The number of methoxy groups -OCH3 is 2. The Balaban J connectivity index is 1.77. The van der Waals surface area contributed by atoms with Gasteiger partial charge in [0.2, 0.25) is 24.1 Å². The number of H-pyrrole nitrogens is 1. The minimum Gasteiger partial charge on any atom is -0.481 e. The molecule has 0 amide bonds. The van der Waals surface area contributed by atoms with Crippen molar-refractivity contribution in [1.29, 1.82) is 0 Å². The predicted molar refractivity (Wildman–Crippen MR) is 123 cm³/mol. The summed E-state index contributed by atoms with van der Waals surface area (Å²) in [6, 6.07) is 6.78. The van der Waals surface area contributed by atoms with E-state index in [1.807, 2.05) is 0 Å². The van der Waals surface area contributed by atoms with Crippen molar-refractivity contribution in [2.24, 2.45) is 0 Å². The number of sulfonamides is 1. The van der Waals surface area contributed by atoms with Crippen LogP contribution in [0.3, 0.4) is 0 Å². The Labute approximate surface area is 200 Å². The monoisotopic (exact) mass is 554 g/mol. The van der Waals surface area contributed by atoms with Crippen LogP contribution in [-0.4, -0.2) is 54.2 Å². The van der Waals surface area contributed by atoms with Gasteiger partial charge in [0, 0.05) is 34.2 Å². The lowest BCUT2D eigenvalue weighted by molar-refractivity contribution is 0.146. The summed E-state index contributed by atoms with van der Waals surface area (Å²) in [5, 5.41) is 8.35. The van der Waals surface area contributed by atoms with E-state index in [1.54, 1.807) is 24.3 Å². The number of alkyl halides is 2. The van der Waals surface area contributed by atoms with Crippen molar-refractivity contribution >= 4 is 42.8 Å². The highest BCUT2D eigenvalue weighted by molar-refractivity contribution is 9.10. The van der Waals surface area contributed by atoms with Gasteiger partial charge in [0.15, 0.2) is 0 Å². The van der Waals surface area contributed by atoms with E-state index in [2.05, 4.69) is 45.8 Å². The first-order chi connectivity index (χ1) is 16.2. The fourth-order valence-corrected chi connectivity index (χ4v) is 5.04. The molecule has 34 heavy (non-hydrogen) atoms. The molecule has 0 aliphatic carbocycles. The Morgan fingerprint density at radius 1 is 1.15 bits per heavy atom. The minimum atomic E-state index is -4.21. The molecule has 3 aromatic heterocycles.